The molecule has 0 atom stereocenters. The van der Waals surface area contributed by atoms with Crippen molar-refractivity contribution in [1.82, 2.24) is 0 Å². The lowest BCUT2D eigenvalue weighted by atomic mass is 10.1. The number of hydrogen-bond acceptors (Lipinski definition) is 2. The van der Waals surface area contributed by atoms with Crippen LogP contribution in [0.1, 0.15) is 33.1 Å². The first kappa shape index (κ1) is 12.5. The van der Waals surface area contributed by atoms with Gasteiger partial charge >= 0.3 is 5.97 Å². The maximum Gasteiger partial charge on any atom is 0.306 e. The van der Waals surface area contributed by atoms with Gasteiger partial charge in [-0.2, -0.15) is 0 Å². The summed E-state index contributed by atoms with van der Waals surface area (Å²) in [5, 5.41) is 0. The zero-order valence-electron chi connectivity index (χ0n) is 8.31. The van der Waals surface area contributed by atoms with Gasteiger partial charge in [-0.25, -0.2) is 0 Å². The van der Waals surface area contributed by atoms with E-state index in [0.29, 0.717) is 18.9 Å². The number of esters is 1. The highest BCUT2D eigenvalue weighted by atomic mass is 35.5. The largest absolute Gasteiger partial charge is 0.466 e. The maximum atomic E-state index is 10.9. The van der Waals surface area contributed by atoms with Gasteiger partial charge in [0.1, 0.15) is 0 Å². The van der Waals surface area contributed by atoms with E-state index in [2.05, 4.69) is 6.08 Å². The first-order chi connectivity index (χ1) is 6.20. The molecule has 0 aromatic carbocycles. The van der Waals surface area contributed by atoms with Crippen LogP contribution in [0.2, 0.25) is 0 Å². The fourth-order valence-corrected chi connectivity index (χ4v) is 1.04. The molecular weight excluding hydrogens is 188 g/mol. The van der Waals surface area contributed by atoms with E-state index in [1.807, 2.05) is 13.8 Å². The summed E-state index contributed by atoms with van der Waals surface area (Å²) < 4.78 is 4.80. The number of allylic oxidation sites excluding steroid dienone is 2. The van der Waals surface area contributed by atoms with Gasteiger partial charge in [-0.3, -0.25) is 4.79 Å². The number of halogens is 1. The second kappa shape index (κ2) is 8.11. The zero-order chi connectivity index (χ0) is 10.1. The monoisotopic (exact) mass is 204 g/mol. The van der Waals surface area contributed by atoms with Crippen LogP contribution in [0.25, 0.3) is 0 Å². The number of ether oxygens (including phenoxy) is 1. The Labute approximate surface area is 84.9 Å². The first-order valence-electron chi connectivity index (χ1n) is 4.58. The van der Waals surface area contributed by atoms with Crippen molar-refractivity contribution in [2.24, 2.45) is 0 Å². The highest BCUT2D eigenvalue weighted by Crippen LogP contribution is 2.06. The minimum absolute atomic E-state index is 0.124. The fraction of sp³-hybridized carbons (Fsp3) is 0.700. The van der Waals surface area contributed by atoms with E-state index in [1.165, 1.54) is 5.57 Å². The number of hydrogen-bond donors (Lipinski definition) is 0. The zero-order valence-corrected chi connectivity index (χ0v) is 9.06. The van der Waals surface area contributed by atoms with Gasteiger partial charge in [0.2, 0.25) is 0 Å². The number of carbonyl (C=O) groups is 1. The van der Waals surface area contributed by atoms with Crippen LogP contribution in [0.5, 0.6) is 0 Å². The predicted octanol–water partition coefficient (Wildman–Crippen LogP) is 2.90. The average molecular weight is 205 g/mol. The van der Waals surface area contributed by atoms with Crippen LogP contribution in [-0.4, -0.2) is 18.5 Å². The Bertz CT molecular complexity index is 176. The number of alkyl halides is 1. The minimum Gasteiger partial charge on any atom is -0.466 e. The molecule has 0 radical (unpaired) electrons. The molecule has 0 aliphatic heterocycles. The van der Waals surface area contributed by atoms with Crippen LogP contribution in [0.4, 0.5) is 0 Å². The van der Waals surface area contributed by atoms with Crippen molar-refractivity contribution < 1.29 is 9.53 Å². The second-order valence-corrected chi connectivity index (χ2v) is 3.21. The molecule has 0 N–H and O–H groups in total. The molecule has 0 aromatic heterocycles. The summed E-state index contributed by atoms with van der Waals surface area (Å²) in [6.45, 7) is 4.28. The van der Waals surface area contributed by atoms with Crippen LogP contribution in [0.15, 0.2) is 11.6 Å². The average Bonchev–Trinajstić information content (AvgIpc) is 2.12. The molecule has 0 saturated carbocycles. The van der Waals surface area contributed by atoms with Crippen LogP contribution in [0, 0.1) is 0 Å². The molecule has 0 aliphatic carbocycles. The van der Waals surface area contributed by atoms with E-state index >= 15 is 0 Å². The summed E-state index contributed by atoms with van der Waals surface area (Å²) in [5.41, 5.74) is 1.20. The molecule has 2 nitrogen and oxygen atoms in total. The Morgan fingerprint density at radius 1 is 1.46 bits per heavy atom. The van der Waals surface area contributed by atoms with Crippen molar-refractivity contribution in [3.8, 4) is 0 Å². The first-order valence-corrected chi connectivity index (χ1v) is 5.11. The summed E-state index contributed by atoms with van der Waals surface area (Å²) in [6.07, 6.45) is 4.18. The summed E-state index contributed by atoms with van der Waals surface area (Å²) in [4.78, 5) is 10.9. The van der Waals surface area contributed by atoms with Gasteiger partial charge in [0, 0.05) is 12.3 Å². The predicted molar refractivity (Wildman–Crippen MR) is 55.0 cm³/mol. The summed E-state index contributed by atoms with van der Waals surface area (Å²) in [6, 6.07) is 0. The molecular formula is C10H17ClO2. The van der Waals surface area contributed by atoms with Crippen molar-refractivity contribution in [2.75, 3.05) is 12.5 Å². The van der Waals surface area contributed by atoms with E-state index < -0.39 is 0 Å². The van der Waals surface area contributed by atoms with Crippen LogP contribution in [-0.2, 0) is 9.53 Å². The molecule has 0 fully saturated rings. The van der Waals surface area contributed by atoms with Crippen molar-refractivity contribution in [3.05, 3.63) is 11.6 Å². The van der Waals surface area contributed by atoms with Crippen molar-refractivity contribution in [1.29, 1.82) is 0 Å². The molecule has 0 saturated heterocycles. The Balaban J connectivity index is 3.56. The van der Waals surface area contributed by atoms with Gasteiger partial charge in [0.25, 0.3) is 0 Å². The van der Waals surface area contributed by atoms with Crippen LogP contribution >= 0.6 is 11.6 Å². The molecule has 0 spiro atoms. The quantitative estimate of drug-likeness (QED) is 0.378. The van der Waals surface area contributed by atoms with Gasteiger partial charge in [0.15, 0.2) is 0 Å². The molecule has 0 heterocycles. The molecule has 0 bridgehead atoms. The number of carbonyl (C=O) groups excluding carboxylic acids is 1. The summed E-state index contributed by atoms with van der Waals surface area (Å²) >= 11 is 5.52. The summed E-state index contributed by atoms with van der Waals surface area (Å²) in [5.74, 6) is 0.512. The van der Waals surface area contributed by atoms with Crippen LogP contribution in [0.3, 0.4) is 0 Å². The summed E-state index contributed by atoms with van der Waals surface area (Å²) in [7, 11) is 0. The highest BCUT2D eigenvalue weighted by molar-refractivity contribution is 6.17. The lowest BCUT2D eigenvalue weighted by Gasteiger charge is -2.01. The van der Waals surface area contributed by atoms with E-state index in [0.717, 1.165) is 12.8 Å². The Morgan fingerprint density at radius 2 is 2.15 bits per heavy atom. The molecule has 0 amide bonds. The smallest absolute Gasteiger partial charge is 0.306 e. The number of rotatable bonds is 6. The van der Waals surface area contributed by atoms with Crippen molar-refractivity contribution in [3.63, 3.8) is 0 Å². The normalized spacial score (nSPS) is 11.5. The van der Waals surface area contributed by atoms with E-state index in [4.69, 9.17) is 16.3 Å². The molecule has 0 aliphatic rings. The lowest BCUT2D eigenvalue weighted by Crippen LogP contribution is -2.03. The van der Waals surface area contributed by atoms with Crippen molar-refractivity contribution in [2.45, 2.75) is 33.1 Å². The minimum atomic E-state index is -0.124. The standard InChI is InChI=1S/C10H17ClO2/c1-3-13-10(12)7-6-9(2)5-4-8-11/h5H,3-4,6-8H2,1-2H3/b9-5+. The third kappa shape index (κ3) is 7.85. The molecule has 0 unspecified atom stereocenters. The third-order valence-electron chi connectivity index (χ3n) is 1.63. The Morgan fingerprint density at radius 3 is 2.69 bits per heavy atom. The van der Waals surface area contributed by atoms with E-state index in [9.17, 15) is 4.79 Å². The topological polar surface area (TPSA) is 26.3 Å². The molecule has 0 rings (SSSR count). The molecule has 13 heavy (non-hydrogen) atoms. The molecule has 0 aromatic rings. The van der Waals surface area contributed by atoms with Gasteiger partial charge < -0.3 is 4.74 Å². The van der Waals surface area contributed by atoms with Gasteiger partial charge in [-0.05, 0) is 26.7 Å². The second-order valence-electron chi connectivity index (χ2n) is 2.83. The third-order valence-corrected chi connectivity index (χ3v) is 1.85. The molecule has 76 valence electrons. The Hall–Kier alpha value is -0.500. The lowest BCUT2D eigenvalue weighted by molar-refractivity contribution is -0.143. The van der Waals surface area contributed by atoms with E-state index in [1.54, 1.807) is 0 Å². The molecule has 3 heteroatoms. The Kier molecular flexibility index (Phi) is 7.80. The van der Waals surface area contributed by atoms with E-state index in [-0.39, 0.29) is 5.97 Å². The SMILES string of the molecule is CCOC(=O)CC/C(C)=C/CCCl. The van der Waals surface area contributed by atoms with Gasteiger partial charge in [0.05, 0.1) is 6.61 Å². The van der Waals surface area contributed by atoms with Gasteiger partial charge in [-0.1, -0.05) is 11.6 Å². The highest BCUT2D eigenvalue weighted by Gasteiger charge is 2.00. The van der Waals surface area contributed by atoms with Gasteiger partial charge in [-0.15, -0.1) is 11.6 Å². The fourth-order valence-electron chi connectivity index (χ4n) is 0.935. The van der Waals surface area contributed by atoms with Crippen LogP contribution < -0.4 is 0 Å². The maximum absolute atomic E-state index is 10.9. The van der Waals surface area contributed by atoms with Crippen molar-refractivity contribution >= 4 is 17.6 Å².